The molecule has 0 amide bonds. The minimum absolute atomic E-state index is 0.189. The van der Waals surface area contributed by atoms with E-state index in [9.17, 15) is 4.79 Å². The minimum Gasteiger partial charge on any atom is -0.488 e. The fourth-order valence-corrected chi connectivity index (χ4v) is 3.66. The smallest absolute Gasteiger partial charge is 0.231 e. The van der Waals surface area contributed by atoms with Gasteiger partial charge in [0.2, 0.25) is 5.78 Å². The Morgan fingerprint density at radius 3 is 2.53 bits per heavy atom. The topological polar surface area (TPSA) is 35.5 Å². The molecule has 5 heteroatoms. The summed E-state index contributed by atoms with van der Waals surface area (Å²) in [6.07, 6.45) is 3.42. The van der Waals surface area contributed by atoms with Gasteiger partial charge in [-0.05, 0) is 54.0 Å². The number of carbonyl (C=O) groups excluding carboxylic acids is 1. The monoisotopic (exact) mass is 436 g/mol. The number of Topliss-reactive ketones (excluding diaryl/α,β-unsaturated/α-hetero) is 1. The number of ketones is 1. The second-order valence-electron chi connectivity index (χ2n) is 6.91. The molecule has 0 saturated heterocycles. The van der Waals surface area contributed by atoms with E-state index in [1.807, 2.05) is 31.2 Å². The third-order valence-electron chi connectivity index (χ3n) is 4.90. The van der Waals surface area contributed by atoms with Crippen LogP contribution in [0.2, 0.25) is 10.0 Å². The van der Waals surface area contributed by atoms with E-state index in [1.165, 1.54) is 0 Å². The van der Waals surface area contributed by atoms with Crippen LogP contribution in [0.4, 0.5) is 0 Å². The van der Waals surface area contributed by atoms with Crippen molar-refractivity contribution in [3.05, 3.63) is 105 Å². The molecule has 0 unspecified atom stereocenters. The zero-order valence-electron chi connectivity index (χ0n) is 16.2. The molecule has 0 spiro atoms. The summed E-state index contributed by atoms with van der Waals surface area (Å²) in [5.41, 5.74) is 4.03. The molecule has 0 atom stereocenters. The summed E-state index contributed by atoms with van der Waals surface area (Å²) in [5.74, 6) is 1.20. The Kier molecular flexibility index (Phi) is 5.67. The molecule has 1 aliphatic rings. The second-order valence-corrected chi connectivity index (χ2v) is 7.75. The lowest BCUT2D eigenvalue weighted by Crippen LogP contribution is -1.98. The first-order valence-electron chi connectivity index (χ1n) is 9.33. The van der Waals surface area contributed by atoms with E-state index in [0.717, 1.165) is 16.7 Å². The van der Waals surface area contributed by atoms with Gasteiger partial charge in [-0.25, -0.2) is 0 Å². The molecule has 1 heterocycles. The molecule has 0 aliphatic carbocycles. The molecular formula is C25H18Cl2O3. The van der Waals surface area contributed by atoms with E-state index in [0.29, 0.717) is 39.3 Å². The Hall–Kier alpha value is -3.01. The van der Waals surface area contributed by atoms with Gasteiger partial charge in [-0.3, -0.25) is 4.79 Å². The Morgan fingerprint density at radius 1 is 1.07 bits per heavy atom. The van der Waals surface area contributed by atoms with Crippen LogP contribution in [-0.2, 0) is 6.61 Å². The highest BCUT2D eigenvalue weighted by atomic mass is 35.5. The number of allylic oxidation sites excluding steroid dienone is 1. The van der Waals surface area contributed by atoms with Crippen LogP contribution in [0.3, 0.4) is 0 Å². The van der Waals surface area contributed by atoms with E-state index in [4.69, 9.17) is 32.7 Å². The molecule has 0 bridgehead atoms. The van der Waals surface area contributed by atoms with Crippen LogP contribution in [0.5, 0.6) is 11.5 Å². The van der Waals surface area contributed by atoms with Crippen molar-refractivity contribution in [2.75, 3.05) is 0 Å². The molecule has 3 aromatic carbocycles. The van der Waals surface area contributed by atoms with E-state index in [2.05, 4.69) is 6.58 Å². The maximum Gasteiger partial charge on any atom is 0.231 e. The lowest BCUT2D eigenvalue weighted by atomic mass is 10.1. The van der Waals surface area contributed by atoms with Crippen molar-refractivity contribution in [1.82, 2.24) is 0 Å². The Morgan fingerprint density at radius 2 is 1.83 bits per heavy atom. The van der Waals surface area contributed by atoms with Gasteiger partial charge in [-0.15, -0.1) is 0 Å². The summed E-state index contributed by atoms with van der Waals surface area (Å²) < 4.78 is 11.9. The quantitative estimate of drug-likeness (QED) is 0.398. The number of hydrogen-bond acceptors (Lipinski definition) is 3. The number of halogens is 2. The summed E-state index contributed by atoms with van der Waals surface area (Å²) in [4.78, 5) is 12.8. The fraction of sp³-hybridized carbons (Fsp3) is 0.0800. The predicted molar refractivity (Wildman–Crippen MR) is 121 cm³/mol. The predicted octanol–water partition coefficient (Wildman–Crippen LogP) is 7.14. The third kappa shape index (κ3) is 4.00. The van der Waals surface area contributed by atoms with E-state index >= 15 is 0 Å². The zero-order chi connectivity index (χ0) is 21.3. The van der Waals surface area contributed by atoms with Gasteiger partial charge in [0.05, 0.1) is 5.56 Å². The van der Waals surface area contributed by atoms with Crippen molar-refractivity contribution >= 4 is 41.1 Å². The molecule has 30 heavy (non-hydrogen) atoms. The van der Waals surface area contributed by atoms with Gasteiger partial charge in [0.15, 0.2) is 5.76 Å². The average Bonchev–Trinajstić information content (AvgIpc) is 3.06. The van der Waals surface area contributed by atoms with Crippen LogP contribution in [0.15, 0.2) is 66.9 Å². The van der Waals surface area contributed by atoms with Crippen molar-refractivity contribution in [2.45, 2.75) is 13.5 Å². The van der Waals surface area contributed by atoms with E-state index in [1.54, 1.807) is 42.5 Å². The molecule has 150 valence electrons. The van der Waals surface area contributed by atoms with Gasteiger partial charge in [-0.1, -0.05) is 66.2 Å². The number of ether oxygens (including phenoxy) is 2. The highest BCUT2D eigenvalue weighted by Gasteiger charge is 2.30. The summed E-state index contributed by atoms with van der Waals surface area (Å²) in [7, 11) is 0. The van der Waals surface area contributed by atoms with Crippen LogP contribution < -0.4 is 9.47 Å². The van der Waals surface area contributed by atoms with Gasteiger partial charge in [0, 0.05) is 15.6 Å². The molecular weight excluding hydrogens is 419 g/mol. The first kappa shape index (κ1) is 20.3. The number of hydrogen-bond donors (Lipinski definition) is 0. The average molecular weight is 437 g/mol. The highest BCUT2D eigenvalue weighted by molar-refractivity contribution is 6.35. The van der Waals surface area contributed by atoms with Crippen molar-refractivity contribution in [2.24, 2.45) is 0 Å². The maximum atomic E-state index is 12.8. The van der Waals surface area contributed by atoms with Crippen molar-refractivity contribution in [3.63, 3.8) is 0 Å². The fourth-order valence-electron chi connectivity index (χ4n) is 3.20. The minimum atomic E-state index is -0.189. The van der Waals surface area contributed by atoms with Gasteiger partial charge < -0.3 is 9.47 Å². The SMILES string of the molecule is C=Cc1ccc(COc2ccc3c(c2C)O/C(=C\c2ccc(Cl)cc2Cl)C3=O)cc1. The molecule has 0 radical (unpaired) electrons. The molecule has 1 aliphatic heterocycles. The molecule has 0 saturated carbocycles. The summed E-state index contributed by atoms with van der Waals surface area (Å²) in [5, 5.41) is 0.978. The molecule has 0 aromatic heterocycles. The van der Waals surface area contributed by atoms with E-state index in [-0.39, 0.29) is 11.5 Å². The largest absolute Gasteiger partial charge is 0.488 e. The maximum absolute atomic E-state index is 12.8. The summed E-state index contributed by atoms with van der Waals surface area (Å²) in [6, 6.07) is 16.6. The Bertz CT molecular complexity index is 1180. The number of benzene rings is 3. The number of rotatable bonds is 5. The molecule has 3 aromatic rings. The standard InChI is InChI=1S/C25H18Cl2O3/c1-3-16-4-6-17(7-5-16)14-29-22-11-10-20-24(28)23(30-25(20)15(22)2)12-18-8-9-19(26)13-21(18)27/h3-13H,1,14H2,2H3/b23-12-. The summed E-state index contributed by atoms with van der Waals surface area (Å²) >= 11 is 12.2. The van der Waals surface area contributed by atoms with Crippen LogP contribution >= 0.6 is 23.2 Å². The second kappa shape index (κ2) is 8.39. The van der Waals surface area contributed by atoms with Crippen LogP contribution in [0, 0.1) is 6.92 Å². The van der Waals surface area contributed by atoms with Crippen molar-refractivity contribution < 1.29 is 14.3 Å². The first-order valence-corrected chi connectivity index (χ1v) is 10.1. The zero-order valence-corrected chi connectivity index (χ0v) is 17.8. The van der Waals surface area contributed by atoms with E-state index < -0.39 is 0 Å². The van der Waals surface area contributed by atoms with Gasteiger partial charge in [-0.2, -0.15) is 0 Å². The first-order chi connectivity index (χ1) is 14.5. The van der Waals surface area contributed by atoms with Gasteiger partial charge in [0.1, 0.15) is 18.1 Å². The van der Waals surface area contributed by atoms with Crippen LogP contribution in [0.25, 0.3) is 12.2 Å². The molecule has 4 rings (SSSR count). The van der Waals surface area contributed by atoms with Gasteiger partial charge >= 0.3 is 0 Å². The normalized spacial score (nSPS) is 13.8. The lowest BCUT2D eigenvalue weighted by molar-refractivity contribution is 0.101. The Labute approximate surface area is 185 Å². The van der Waals surface area contributed by atoms with Crippen molar-refractivity contribution in [1.29, 1.82) is 0 Å². The highest BCUT2D eigenvalue weighted by Crippen LogP contribution is 2.40. The van der Waals surface area contributed by atoms with Crippen LogP contribution in [0.1, 0.15) is 32.6 Å². The molecule has 3 nitrogen and oxygen atoms in total. The number of carbonyl (C=O) groups is 1. The molecule has 0 N–H and O–H groups in total. The lowest BCUT2D eigenvalue weighted by Gasteiger charge is -2.11. The Balaban J connectivity index is 1.56. The third-order valence-corrected chi connectivity index (χ3v) is 5.46. The summed E-state index contributed by atoms with van der Waals surface area (Å²) in [6.45, 7) is 6.04. The van der Waals surface area contributed by atoms with Gasteiger partial charge in [0.25, 0.3) is 0 Å². The number of fused-ring (bicyclic) bond motifs is 1. The van der Waals surface area contributed by atoms with Crippen molar-refractivity contribution in [3.8, 4) is 11.5 Å². The molecule has 0 fully saturated rings. The van der Waals surface area contributed by atoms with Crippen LogP contribution in [-0.4, -0.2) is 5.78 Å².